The molecule has 0 radical (unpaired) electrons. The Balaban J connectivity index is 1.85. The minimum Gasteiger partial charge on any atom is -0.496 e. The van der Waals surface area contributed by atoms with E-state index in [1.165, 1.54) is 0 Å². The fourth-order valence-electron chi connectivity index (χ4n) is 2.08. The van der Waals surface area contributed by atoms with Gasteiger partial charge < -0.3 is 9.47 Å². The van der Waals surface area contributed by atoms with Gasteiger partial charge in [-0.1, -0.05) is 17.7 Å². The van der Waals surface area contributed by atoms with Crippen LogP contribution in [0.15, 0.2) is 41.5 Å². The van der Waals surface area contributed by atoms with E-state index in [1.807, 2.05) is 50.2 Å². The molecule has 24 heavy (non-hydrogen) atoms. The van der Waals surface area contributed by atoms with E-state index in [0.717, 1.165) is 26.0 Å². The van der Waals surface area contributed by atoms with Gasteiger partial charge in [-0.2, -0.15) is 5.10 Å². The molecule has 2 aromatic carbocycles. The summed E-state index contributed by atoms with van der Waals surface area (Å²) in [4.78, 5) is 11.8. The van der Waals surface area contributed by atoms with Crippen molar-refractivity contribution in [2.45, 2.75) is 13.8 Å². The molecule has 0 saturated heterocycles. The van der Waals surface area contributed by atoms with Crippen molar-refractivity contribution in [2.24, 2.45) is 5.10 Å². The van der Waals surface area contributed by atoms with E-state index in [1.54, 1.807) is 13.3 Å². The summed E-state index contributed by atoms with van der Waals surface area (Å²) in [6.07, 6.45) is 1.58. The van der Waals surface area contributed by atoms with Crippen molar-refractivity contribution in [1.29, 1.82) is 0 Å². The molecule has 0 aliphatic rings. The molecule has 0 aromatic heterocycles. The van der Waals surface area contributed by atoms with Gasteiger partial charge in [0, 0.05) is 0 Å². The van der Waals surface area contributed by atoms with Crippen LogP contribution in [0.5, 0.6) is 11.5 Å². The number of hydrazone groups is 1. The fraction of sp³-hybridized carbons (Fsp3) is 0.222. The Kier molecular flexibility index (Phi) is 6.60. The van der Waals surface area contributed by atoms with Crippen molar-refractivity contribution in [1.82, 2.24) is 5.43 Å². The predicted molar refractivity (Wildman–Crippen MR) is 103 cm³/mol. The largest absolute Gasteiger partial charge is 0.496 e. The van der Waals surface area contributed by atoms with E-state index in [0.29, 0.717) is 5.75 Å². The topological polar surface area (TPSA) is 59.9 Å². The second-order valence-corrected chi connectivity index (χ2v) is 6.41. The van der Waals surface area contributed by atoms with E-state index >= 15 is 0 Å². The third-order valence-corrected chi connectivity index (χ3v) is 4.11. The van der Waals surface area contributed by atoms with Gasteiger partial charge >= 0.3 is 0 Å². The van der Waals surface area contributed by atoms with Gasteiger partial charge in [0.25, 0.3) is 5.91 Å². The van der Waals surface area contributed by atoms with Gasteiger partial charge in [-0.25, -0.2) is 5.43 Å². The van der Waals surface area contributed by atoms with Gasteiger partial charge in [0.2, 0.25) is 0 Å². The molecule has 0 bridgehead atoms. The zero-order chi connectivity index (χ0) is 17.5. The van der Waals surface area contributed by atoms with Crippen molar-refractivity contribution < 1.29 is 14.3 Å². The molecule has 1 N–H and O–H groups in total. The van der Waals surface area contributed by atoms with Crippen LogP contribution < -0.4 is 14.9 Å². The van der Waals surface area contributed by atoms with Crippen molar-refractivity contribution >= 4 is 34.7 Å². The number of carbonyl (C=O) groups excluding carboxylic acids is 1. The molecule has 0 heterocycles. The zero-order valence-corrected chi connectivity index (χ0v) is 16.0. The third-order valence-electron chi connectivity index (χ3n) is 3.27. The number of ether oxygens (including phenoxy) is 2. The Morgan fingerprint density at radius 1 is 1.21 bits per heavy atom. The molecule has 1 amide bonds. The van der Waals surface area contributed by atoms with Gasteiger partial charge in [-0.3, -0.25) is 4.79 Å². The minimum atomic E-state index is -0.311. The first-order valence-corrected chi connectivity index (χ1v) is 8.43. The maximum absolute atomic E-state index is 11.8. The molecule has 0 atom stereocenters. The lowest BCUT2D eigenvalue weighted by molar-refractivity contribution is -0.123. The minimum absolute atomic E-state index is 0.0820. The molecular weight excluding hydrogens is 419 g/mol. The molecule has 0 spiro atoms. The molecule has 6 heteroatoms. The van der Waals surface area contributed by atoms with Gasteiger partial charge in [0.15, 0.2) is 6.61 Å². The number of methoxy groups -OCH3 is 1. The highest BCUT2D eigenvalue weighted by molar-refractivity contribution is 14.1. The lowest BCUT2D eigenvalue weighted by Crippen LogP contribution is -2.24. The maximum atomic E-state index is 11.8. The summed E-state index contributed by atoms with van der Waals surface area (Å²) >= 11 is 2.18. The lowest BCUT2D eigenvalue weighted by Gasteiger charge is -2.08. The number of hydrogen-bond acceptors (Lipinski definition) is 4. The number of aryl methyl sites for hydroxylation is 2. The molecule has 126 valence electrons. The first kappa shape index (κ1) is 18.3. The predicted octanol–water partition coefficient (Wildman–Crippen LogP) is 3.45. The van der Waals surface area contributed by atoms with Crippen LogP contribution in [0, 0.1) is 17.4 Å². The van der Waals surface area contributed by atoms with Crippen LogP contribution in [-0.4, -0.2) is 25.8 Å². The van der Waals surface area contributed by atoms with E-state index in [-0.39, 0.29) is 12.5 Å². The van der Waals surface area contributed by atoms with Gasteiger partial charge in [-0.05, 0) is 71.8 Å². The molecule has 2 rings (SSSR count). The van der Waals surface area contributed by atoms with Crippen molar-refractivity contribution in [3.63, 3.8) is 0 Å². The summed E-state index contributed by atoms with van der Waals surface area (Å²) in [5.74, 6) is 1.19. The summed E-state index contributed by atoms with van der Waals surface area (Å²) in [7, 11) is 1.63. The standard InChI is InChI=1S/C18H19IN2O3/c1-12-4-6-16(13(2)8-12)24-11-18(22)21-20-10-14-5-7-17(23-3)15(19)9-14/h4-10H,11H2,1-3H3,(H,21,22). The van der Waals surface area contributed by atoms with Crippen LogP contribution in [-0.2, 0) is 4.79 Å². The number of nitrogens with one attached hydrogen (secondary N) is 1. The van der Waals surface area contributed by atoms with Crippen LogP contribution in [0.25, 0.3) is 0 Å². The van der Waals surface area contributed by atoms with Crippen LogP contribution in [0.2, 0.25) is 0 Å². The highest BCUT2D eigenvalue weighted by atomic mass is 127. The quantitative estimate of drug-likeness (QED) is 0.427. The average Bonchev–Trinajstić information content (AvgIpc) is 2.54. The van der Waals surface area contributed by atoms with E-state index in [9.17, 15) is 4.79 Å². The van der Waals surface area contributed by atoms with Crippen LogP contribution in [0.4, 0.5) is 0 Å². The number of nitrogens with zero attached hydrogens (tertiary/aromatic N) is 1. The van der Waals surface area contributed by atoms with Gasteiger partial charge in [0.05, 0.1) is 16.9 Å². The highest BCUT2D eigenvalue weighted by Gasteiger charge is 2.04. The smallest absolute Gasteiger partial charge is 0.277 e. The number of hydrogen-bond donors (Lipinski definition) is 1. The molecule has 0 fully saturated rings. The summed E-state index contributed by atoms with van der Waals surface area (Å²) in [5.41, 5.74) is 5.48. The average molecular weight is 438 g/mol. The van der Waals surface area contributed by atoms with Crippen molar-refractivity contribution in [2.75, 3.05) is 13.7 Å². The number of amides is 1. The van der Waals surface area contributed by atoms with Crippen LogP contribution in [0.1, 0.15) is 16.7 Å². The van der Waals surface area contributed by atoms with E-state index < -0.39 is 0 Å². The highest BCUT2D eigenvalue weighted by Crippen LogP contribution is 2.21. The van der Waals surface area contributed by atoms with Gasteiger partial charge in [-0.15, -0.1) is 0 Å². The molecule has 0 unspecified atom stereocenters. The monoisotopic (exact) mass is 438 g/mol. The molecule has 0 aliphatic heterocycles. The van der Waals surface area contributed by atoms with E-state index in [4.69, 9.17) is 9.47 Å². The summed E-state index contributed by atoms with van der Waals surface area (Å²) in [6.45, 7) is 3.88. The van der Waals surface area contributed by atoms with Gasteiger partial charge in [0.1, 0.15) is 11.5 Å². The Bertz CT molecular complexity index is 760. The maximum Gasteiger partial charge on any atom is 0.277 e. The Hall–Kier alpha value is -2.09. The molecule has 0 saturated carbocycles. The second-order valence-electron chi connectivity index (χ2n) is 5.24. The Morgan fingerprint density at radius 2 is 1.96 bits per heavy atom. The molecule has 0 aliphatic carbocycles. The Morgan fingerprint density at radius 3 is 2.62 bits per heavy atom. The first-order chi connectivity index (χ1) is 11.5. The summed E-state index contributed by atoms with van der Waals surface area (Å²) in [6, 6.07) is 11.5. The number of carbonyl (C=O) groups is 1. The normalized spacial score (nSPS) is 10.7. The van der Waals surface area contributed by atoms with Crippen molar-refractivity contribution in [3.8, 4) is 11.5 Å². The summed E-state index contributed by atoms with van der Waals surface area (Å²) in [5, 5.41) is 3.94. The van der Waals surface area contributed by atoms with E-state index in [2.05, 4.69) is 33.1 Å². The lowest BCUT2D eigenvalue weighted by atomic mass is 10.1. The molecule has 2 aromatic rings. The number of halogens is 1. The third kappa shape index (κ3) is 5.23. The molecular formula is C18H19IN2O3. The SMILES string of the molecule is COc1ccc(C=NNC(=O)COc2ccc(C)cc2C)cc1I. The molecule has 5 nitrogen and oxygen atoms in total. The first-order valence-electron chi connectivity index (χ1n) is 7.35. The fourth-order valence-corrected chi connectivity index (χ4v) is 2.84. The second kappa shape index (κ2) is 8.68. The van der Waals surface area contributed by atoms with Crippen LogP contribution >= 0.6 is 22.6 Å². The zero-order valence-electron chi connectivity index (χ0n) is 13.8. The van der Waals surface area contributed by atoms with Crippen LogP contribution in [0.3, 0.4) is 0 Å². The number of rotatable bonds is 6. The summed E-state index contributed by atoms with van der Waals surface area (Å²) < 4.78 is 11.7. The Labute approximate surface area is 155 Å². The number of benzene rings is 2. The van der Waals surface area contributed by atoms with Crippen molar-refractivity contribution in [3.05, 3.63) is 56.7 Å².